The number of hydrogen-bond donors (Lipinski definition) is 2. The van der Waals surface area contributed by atoms with Gasteiger partial charge in [-0.2, -0.15) is 0 Å². The normalized spacial score (nSPS) is 16.1. The first kappa shape index (κ1) is 18.5. The fourth-order valence-electron chi connectivity index (χ4n) is 3.20. The maximum atomic E-state index is 12.7. The summed E-state index contributed by atoms with van der Waals surface area (Å²) in [6.07, 6.45) is 0.382. The Morgan fingerprint density at radius 1 is 1.08 bits per heavy atom. The van der Waals surface area contributed by atoms with Crippen LogP contribution in [0.1, 0.15) is 28.4 Å². The lowest BCUT2D eigenvalue weighted by atomic mass is 9.98. The van der Waals surface area contributed by atoms with Gasteiger partial charge in [0.15, 0.2) is 10.9 Å². The Kier molecular flexibility index (Phi) is 6.36. The molecular weight excluding hydrogens is 342 g/mol. The van der Waals surface area contributed by atoms with Crippen molar-refractivity contribution in [2.45, 2.75) is 12.5 Å². The number of piperazine rings is 1. The lowest BCUT2D eigenvalue weighted by molar-refractivity contribution is -0.883. The molecule has 1 aliphatic rings. The van der Waals surface area contributed by atoms with E-state index in [2.05, 4.69) is 17.3 Å². The molecule has 4 nitrogen and oxygen atoms in total. The van der Waals surface area contributed by atoms with Crippen molar-refractivity contribution < 1.29 is 9.69 Å². The average molecular weight is 369 g/mol. The number of hydrogen-bond acceptors (Lipinski definition) is 2. The minimum atomic E-state index is -0.122. The minimum absolute atomic E-state index is 0.122. The summed E-state index contributed by atoms with van der Waals surface area (Å²) in [6, 6.07) is 19.4. The zero-order valence-electron chi connectivity index (χ0n) is 15.2. The quantitative estimate of drug-likeness (QED) is 0.622. The van der Waals surface area contributed by atoms with Gasteiger partial charge in [0.2, 0.25) is 0 Å². The highest BCUT2D eigenvalue weighted by molar-refractivity contribution is 7.80. The van der Waals surface area contributed by atoms with Gasteiger partial charge in [-0.05, 0) is 17.8 Å². The Morgan fingerprint density at radius 2 is 1.65 bits per heavy atom. The first-order chi connectivity index (χ1) is 12.6. The second-order valence-electron chi connectivity index (χ2n) is 6.85. The largest absolute Gasteiger partial charge is 0.355 e. The molecule has 0 radical (unpaired) electrons. The number of nitrogens with zero attached hydrogens (tertiary/aromatic N) is 1. The first-order valence-electron chi connectivity index (χ1n) is 9.13. The number of carbonyl (C=O) groups excluding carboxylic acids is 1. The molecule has 1 atom stereocenters. The molecule has 1 heterocycles. The summed E-state index contributed by atoms with van der Waals surface area (Å²) in [4.78, 5) is 16.5. The number of Topliss-reactive ketones (excluding diaryl/α,β-unsaturated/α-hetero) is 1. The van der Waals surface area contributed by atoms with Crippen LogP contribution in [0.5, 0.6) is 0 Å². The van der Waals surface area contributed by atoms with Crippen molar-refractivity contribution in [3.8, 4) is 0 Å². The molecule has 0 aromatic heterocycles. The maximum absolute atomic E-state index is 12.7. The van der Waals surface area contributed by atoms with Gasteiger partial charge >= 0.3 is 0 Å². The van der Waals surface area contributed by atoms with E-state index in [1.165, 1.54) is 4.90 Å². The Morgan fingerprint density at radius 3 is 2.27 bits per heavy atom. The lowest BCUT2D eigenvalue weighted by Gasteiger charge is -2.33. The van der Waals surface area contributed by atoms with E-state index in [4.69, 9.17) is 12.2 Å². The Hall–Kier alpha value is -2.24. The maximum Gasteiger partial charge on any atom is 0.169 e. The summed E-state index contributed by atoms with van der Waals surface area (Å²) in [5, 5.41) is 4.19. The number of ketones is 1. The zero-order chi connectivity index (χ0) is 18.4. The van der Waals surface area contributed by atoms with Crippen LogP contribution in [-0.2, 0) is 0 Å². The van der Waals surface area contributed by atoms with Crippen LogP contribution in [0.3, 0.4) is 0 Å². The van der Waals surface area contributed by atoms with Crippen molar-refractivity contribution in [1.82, 2.24) is 10.2 Å². The van der Waals surface area contributed by atoms with Gasteiger partial charge in [0, 0.05) is 12.0 Å². The topological polar surface area (TPSA) is 36.8 Å². The van der Waals surface area contributed by atoms with E-state index >= 15 is 0 Å². The number of quaternary nitrogens is 1. The van der Waals surface area contributed by atoms with Crippen molar-refractivity contribution >= 4 is 23.1 Å². The van der Waals surface area contributed by atoms with Gasteiger partial charge in [0.1, 0.15) is 0 Å². The molecule has 136 valence electrons. The lowest BCUT2D eigenvalue weighted by Crippen LogP contribution is -3.12. The number of thiocarbonyl (C=S) groups is 1. The molecule has 3 rings (SSSR count). The fraction of sp³-hybridized carbons (Fsp3) is 0.333. The number of nitrogens with one attached hydrogen (secondary N) is 2. The van der Waals surface area contributed by atoms with Crippen LogP contribution in [0.4, 0.5) is 0 Å². The van der Waals surface area contributed by atoms with Crippen LogP contribution in [-0.4, -0.2) is 49.0 Å². The second kappa shape index (κ2) is 8.92. The van der Waals surface area contributed by atoms with Crippen LogP contribution >= 0.6 is 12.2 Å². The highest BCUT2D eigenvalue weighted by Gasteiger charge is 2.23. The zero-order valence-corrected chi connectivity index (χ0v) is 16.0. The van der Waals surface area contributed by atoms with E-state index in [1.807, 2.05) is 60.7 Å². The molecule has 5 heteroatoms. The molecule has 0 spiro atoms. The molecule has 2 N–H and O–H groups in total. The highest BCUT2D eigenvalue weighted by atomic mass is 32.1. The number of likely N-dealkylation sites (N-methyl/N-ethyl adjacent to an activating group) is 1. The molecule has 0 aliphatic carbocycles. The first-order valence-corrected chi connectivity index (χ1v) is 9.54. The van der Waals surface area contributed by atoms with Crippen molar-refractivity contribution in [2.24, 2.45) is 0 Å². The monoisotopic (exact) mass is 368 g/mol. The molecule has 0 saturated carbocycles. The molecule has 1 saturated heterocycles. The molecule has 26 heavy (non-hydrogen) atoms. The predicted molar refractivity (Wildman–Crippen MR) is 108 cm³/mol. The van der Waals surface area contributed by atoms with Crippen molar-refractivity contribution in [2.75, 3.05) is 33.2 Å². The van der Waals surface area contributed by atoms with Crippen molar-refractivity contribution in [3.05, 3.63) is 71.8 Å². The molecule has 0 bridgehead atoms. The van der Waals surface area contributed by atoms with Gasteiger partial charge in [0.25, 0.3) is 0 Å². The second-order valence-corrected chi connectivity index (χ2v) is 7.24. The van der Waals surface area contributed by atoms with Crippen LogP contribution in [0.25, 0.3) is 0 Å². The van der Waals surface area contributed by atoms with Gasteiger partial charge < -0.3 is 15.1 Å². The van der Waals surface area contributed by atoms with Crippen LogP contribution in [0.2, 0.25) is 0 Å². The van der Waals surface area contributed by atoms with Gasteiger partial charge in [-0.3, -0.25) is 4.79 Å². The number of benzene rings is 2. The Balaban J connectivity index is 1.72. The average Bonchev–Trinajstić information content (AvgIpc) is 2.69. The van der Waals surface area contributed by atoms with Crippen LogP contribution < -0.4 is 10.2 Å². The Bertz CT molecular complexity index is 727. The molecule has 2 aromatic carbocycles. The summed E-state index contributed by atoms with van der Waals surface area (Å²) in [5.74, 6) is 0.123. The van der Waals surface area contributed by atoms with E-state index in [-0.39, 0.29) is 11.8 Å². The summed E-state index contributed by atoms with van der Waals surface area (Å²) in [6.45, 7) is 4.07. The van der Waals surface area contributed by atoms with Crippen molar-refractivity contribution in [3.63, 3.8) is 0 Å². The van der Waals surface area contributed by atoms with E-state index in [0.717, 1.165) is 42.4 Å². The summed E-state index contributed by atoms with van der Waals surface area (Å²) < 4.78 is 0. The summed E-state index contributed by atoms with van der Waals surface area (Å²) in [7, 11) is 2.21. The number of carbonyl (C=O) groups is 1. The van der Waals surface area contributed by atoms with Gasteiger partial charge in [-0.15, -0.1) is 0 Å². The smallest absolute Gasteiger partial charge is 0.169 e. The fourth-order valence-corrected chi connectivity index (χ4v) is 3.52. The minimum Gasteiger partial charge on any atom is -0.355 e. The molecular formula is C21H26N3OS+. The Labute approximate surface area is 160 Å². The van der Waals surface area contributed by atoms with E-state index in [9.17, 15) is 4.79 Å². The van der Waals surface area contributed by atoms with Crippen LogP contribution in [0, 0.1) is 0 Å². The van der Waals surface area contributed by atoms with E-state index in [0.29, 0.717) is 6.42 Å². The third kappa shape index (κ3) is 4.90. The van der Waals surface area contributed by atoms with Gasteiger partial charge in [-0.1, -0.05) is 60.7 Å². The van der Waals surface area contributed by atoms with Crippen molar-refractivity contribution in [1.29, 1.82) is 0 Å². The molecule has 2 aromatic rings. The van der Waals surface area contributed by atoms with Gasteiger partial charge in [0.05, 0.1) is 39.3 Å². The summed E-state index contributed by atoms with van der Waals surface area (Å²) >= 11 is 5.65. The molecule has 1 aliphatic heterocycles. The van der Waals surface area contributed by atoms with E-state index in [1.54, 1.807) is 0 Å². The molecule has 0 unspecified atom stereocenters. The third-order valence-corrected chi connectivity index (χ3v) is 5.27. The standard InChI is InChI=1S/C21H25N3OS/c1-23-12-14-24(15-13-23)21(26)22-19(17-8-4-2-5-9-17)16-20(25)18-10-6-3-7-11-18/h2-11,19H,12-16H2,1H3,(H,22,26)/p+1/t19-/m0/s1. The number of rotatable bonds is 5. The van der Waals surface area contributed by atoms with Crippen LogP contribution in [0.15, 0.2) is 60.7 Å². The third-order valence-electron chi connectivity index (χ3n) is 4.89. The SMILES string of the molecule is C[NH+]1CCN(C(=S)N[C@@H](CC(=O)c2ccccc2)c2ccccc2)CC1. The highest BCUT2D eigenvalue weighted by Crippen LogP contribution is 2.20. The van der Waals surface area contributed by atoms with E-state index < -0.39 is 0 Å². The molecule has 0 amide bonds. The summed E-state index contributed by atoms with van der Waals surface area (Å²) in [5.41, 5.74) is 1.82. The predicted octanol–water partition coefficient (Wildman–Crippen LogP) is 1.71. The molecule has 1 fully saturated rings. The van der Waals surface area contributed by atoms with Gasteiger partial charge in [-0.25, -0.2) is 0 Å².